The van der Waals surface area contributed by atoms with E-state index in [0.29, 0.717) is 19.6 Å². The van der Waals surface area contributed by atoms with Gasteiger partial charge in [-0.25, -0.2) is 12.8 Å². The van der Waals surface area contributed by atoms with Gasteiger partial charge in [0.05, 0.1) is 24.2 Å². The minimum absolute atomic E-state index is 0.0364. The van der Waals surface area contributed by atoms with E-state index in [9.17, 15) is 17.6 Å². The fourth-order valence-corrected chi connectivity index (χ4v) is 5.76. The highest BCUT2D eigenvalue weighted by Crippen LogP contribution is 2.28. The van der Waals surface area contributed by atoms with Crippen molar-refractivity contribution in [1.29, 1.82) is 0 Å². The average Bonchev–Trinajstić information content (AvgIpc) is 2.81. The Balaban J connectivity index is 1.89. The summed E-state index contributed by atoms with van der Waals surface area (Å²) in [5, 5.41) is 9.27. The molecule has 2 saturated heterocycles. The molecule has 0 aliphatic carbocycles. The van der Waals surface area contributed by atoms with E-state index in [1.54, 1.807) is 0 Å². The molecule has 1 N–H and O–H groups in total. The summed E-state index contributed by atoms with van der Waals surface area (Å²) in [6.45, 7) is 1.08. The summed E-state index contributed by atoms with van der Waals surface area (Å²) >= 11 is 5.81. The maximum absolute atomic E-state index is 13.5. The van der Waals surface area contributed by atoms with E-state index < -0.39 is 27.6 Å². The molecule has 2 heterocycles. The minimum Gasteiger partial charge on any atom is -0.395 e. The maximum atomic E-state index is 13.5. The van der Waals surface area contributed by atoms with Gasteiger partial charge in [0, 0.05) is 36.3 Å². The first kappa shape index (κ1) is 17.6. The number of amides is 1. The second-order valence-corrected chi connectivity index (χ2v) is 8.72. The van der Waals surface area contributed by atoms with Crippen LogP contribution in [-0.2, 0) is 9.84 Å². The van der Waals surface area contributed by atoms with Gasteiger partial charge < -0.3 is 10.0 Å². The Morgan fingerprint density at radius 3 is 2.62 bits per heavy atom. The molecule has 9 heteroatoms. The van der Waals surface area contributed by atoms with Crippen LogP contribution < -0.4 is 0 Å². The highest BCUT2D eigenvalue weighted by Gasteiger charge is 2.47. The first-order valence-electron chi connectivity index (χ1n) is 7.63. The van der Waals surface area contributed by atoms with Crippen LogP contribution in [-0.4, -0.2) is 79.1 Å². The summed E-state index contributed by atoms with van der Waals surface area (Å²) in [6, 6.07) is 2.76. The highest BCUT2D eigenvalue weighted by molar-refractivity contribution is 7.91. The van der Waals surface area contributed by atoms with Crippen LogP contribution >= 0.6 is 11.6 Å². The fraction of sp³-hybridized carbons (Fsp3) is 0.533. The number of fused-ring (bicyclic) bond motifs is 1. The minimum atomic E-state index is -3.26. The van der Waals surface area contributed by atoms with Gasteiger partial charge in [-0.1, -0.05) is 11.6 Å². The van der Waals surface area contributed by atoms with Crippen LogP contribution in [0, 0.1) is 5.82 Å². The third-order valence-corrected chi connectivity index (χ3v) is 6.47. The zero-order valence-electron chi connectivity index (χ0n) is 12.9. The Morgan fingerprint density at radius 2 is 1.96 bits per heavy atom. The summed E-state index contributed by atoms with van der Waals surface area (Å²) < 4.78 is 37.6. The van der Waals surface area contributed by atoms with Gasteiger partial charge in [0.2, 0.25) is 0 Å². The molecule has 2 aliphatic heterocycles. The molecule has 0 aromatic heterocycles. The fourth-order valence-electron chi connectivity index (χ4n) is 3.53. The number of hydrogen-bond acceptors (Lipinski definition) is 5. The molecular weight excluding hydrogens is 359 g/mol. The lowest BCUT2D eigenvalue weighted by Gasteiger charge is -2.43. The van der Waals surface area contributed by atoms with Crippen molar-refractivity contribution in [1.82, 2.24) is 9.80 Å². The van der Waals surface area contributed by atoms with E-state index in [0.717, 1.165) is 12.1 Å². The lowest BCUT2D eigenvalue weighted by atomic mass is 10.0. The van der Waals surface area contributed by atoms with E-state index in [-0.39, 0.29) is 34.7 Å². The van der Waals surface area contributed by atoms with Crippen molar-refractivity contribution < 1.29 is 22.7 Å². The molecule has 2 atom stereocenters. The van der Waals surface area contributed by atoms with Gasteiger partial charge in [-0.05, 0) is 18.2 Å². The Hall–Kier alpha value is -1.22. The second kappa shape index (κ2) is 6.59. The van der Waals surface area contributed by atoms with Crippen LogP contribution in [0.2, 0.25) is 5.02 Å². The molecule has 2 fully saturated rings. The molecular formula is C15H18ClFN2O4S. The molecule has 2 aliphatic rings. The van der Waals surface area contributed by atoms with Crippen LogP contribution in [0.3, 0.4) is 0 Å². The number of aliphatic hydroxyl groups is 1. The SMILES string of the molecule is O=C(c1cc(F)cc(Cl)c1)N1CCN(CCO)[C@@H]2CS(=O)(=O)C[C@@H]21. The monoisotopic (exact) mass is 376 g/mol. The Morgan fingerprint density at radius 1 is 1.25 bits per heavy atom. The number of aliphatic hydroxyl groups excluding tert-OH is 1. The quantitative estimate of drug-likeness (QED) is 0.826. The summed E-state index contributed by atoms with van der Waals surface area (Å²) in [7, 11) is -3.26. The van der Waals surface area contributed by atoms with Gasteiger partial charge in [0.25, 0.3) is 5.91 Å². The number of β-amino-alcohol motifs (C(OH)–C–C–N with tert-alkyl or cyclic N) is 1. The molecule has 3 rings (SSSR count). The van der Waals surface area contributed by atoms with Gasteiger partial charge in [-0.15, -0.1) is 0 Å². The lowest BCUT2D eigenvalue weighted by molar-refractivity contribution is 0.0281. The number of hydrogen-bond donors (Lipinski definition) is 1. The van der Waals surface area contributed by atoms with Gasteiger partial charge in [0.1, 0.15) is 5.82 Å². The first-order valence-corrected chi connectivity index (χ1v) is 9.83. The first-order chi connectivity index (χ1) is 11.3. The highest BCUT2D eigenvalue weighted by atomic mass is 35.5. The van der Waals surface area contributed by atoms with Crippen LogP contribution in [0.25, 0.3) is 0 Å². The number of piperazine rings is 1. The molecule has 132 valence electrons. The Labute approximate surface area is 144 Å². The molecule has 24 heavy (non-hydrogen) atoms. The molecule has 0 saturated carbocycles. The zero-order valence-corrected chi connectivity index (χ0v) is 14.4. The molecule has 1 amide bonds. The third kappa shape index (κ3) is 3.42. The molecule has 0 radical (unpaired) electrons. The van der Waals surface area contributed by atoms with E-state index >= 15 is 0 Å². The van der Waals surface area contributed by atoms with Crippen molar-refractivity contribution in [2.24, 2.45) is 0 Å². The van der Waals surface area contributed by atoms with Crippen LogP contribution in [0.1, 0.15) is 10.4 Å². The van der Waals surface area contributed by atoms with Crippen LogP contribution in [0.4, 0.5) is 4.39 Å². The number of halogens is 2. The average molecular weight is 377 g/mol. The van der Waals surface area contributed by atoms with Crippen molar-refractivity contribution in [2.75, 3.05) is 37.7 Å². The van der Waals surface area contributed by atoms with Crippen molar-refractivity contribution in [2.45, 2.75) is 12.1 Å². The summed E-state index contributed by atoms with van der Waals surface area (Å²) in [6.07, 6.45) is 0. The van der Waals surface area contributed by atoms with Gasteiger partial charge >= 0.3 is 0 Å². The standard InChI is InChI=1S/C15H18ClFN2O4S/c16-11-5-10(6-12(17)7-11)15(21)19-2-1-18(3-4-20)13-8-24(22,23)9-14(13)19/h5-7,13-14,20H,1-4,8-9H2/t13-,14+/m1/s1. The molecule has 0 bridgehead atoms. The smallest absolute Gasteiger partial charge is 0.254 e. The second-order valence-electron chi connectivity index (χ2n) is 6.13. The predicted octanol–water partition coefficient (Wildman–Crippen LogP) is 0.395. The molecule has 1 aromatic carbocycles. The molecule has 0 unspecified atom stereocenters. The molecule has 6 nitrogen and oxygen atoms in total. The van der Waals surface area contributed by atoms with E-state index in [1.165, 1.54) is 11.0 Å². The number of nitrogens with zero attached hydrogens (tertiary/aromatic N) is 2. The largest absolute Gasteiger partial charge is 0.395 e. The third-order valence-electron chi connectivity index (χ3n) is 4.55. The van der Waals surface area contributed by atoms with Crippen molar-refractivity contribution in [3.8, 4) is 0 Å². The van der Waals surface area contributed by atoms with Gasteiger partial charge in [0.15, 0.2) is 9.84 Å². The summed E-state index contributed by atoms with van der Waals surface area (Å²) in [5.41, 5.74) is 0.110. The van der Waals surface area contributed by atoms with Gasteiger partial charge in [-0.3, -0.25) is 9.69 Å². The zero-order chi connectivity index (χ0) is 17.5. The Bertz CT molecular complexity index is 738. The van der Waals surface area contributed by atoms with Crippen molar-refractivity contribution >= 4 is 27.3 Å². The number of sulfone groups is 1. The number of carbonyl (C=O) groups excluding carboxylic acids is 1. The topological polar surface area (TPSA) is 77.9 Å². The lowest BCUT2D eigenvalue weighted by Crippen LogP contribution is -2.61. The number of benzene rings is 1. The van der Waals surface area contributed by atoms with Crippen LogP contribution in [0.15, 0.2) is 18.2 Å². The van der Waals surface area contributed by atoms with Crippen molar-refractivity contribution in [3.05, 3.63) is 34.6 Å². The maximum Gasteiger partial charge on any atom is 0.254 e. The number of rotatable bonds is 3. The predicted molar refractivity (Wildman–Crippen MR) is 87.3 cm³/mol. The summed E-state index contributed by atoms with van der Waals surface area (Å²) in [5.74, 6) is -1.19. The van der Waals surface area contributed by atoms with E-state index in [1.807, 2.05) is 4.90 Å². The summed E-state index contributed by atoms with van der Waals surface area (Å²) in [4.78, 5) is 16.2. The molecule has 0 spiro atoms. The normalized spacial score (nSPS) is 26.4. The Kier molecular flexibility index (Phi) is 4.83. The molecule has 1 aromatic rings. The number of carbonyl (C=O) groups is 1. The van der Waals surface area contributed by atoms with Gasteiger partial charge in [-0.2, -0.15) is 0 Å². The van der Waals surface area contributed by atoms with Crippen LogP contribution in [0.5, 0.6) is 0 Å². The van der Waals surface area contributed by atoms with Crippen molar-refractivity contribution in [3.63, 3.8) is 0 Å². The van der Waals surface area contributed by atoms with E-state index in [4.69, 9.17) is 16.7 Å². The van der Waals surface area contributed by atoms with E-state index in [2.05, 4.69) is 0 Å².